The first-order chi connectivity index (χ1) is 7.38. The maximum atomic E-state index is 13.2. The lowest BCUT2D eigenvalue weighted by molar-refractivity contribution is 0.467. The average Bonchev–Trinajstić information content (AvgIpc) is 2.13. The molecule has 0 amide bonds. The van der Waals surface area contributed by atoms with Crippen LogP contribution in [-0.2, 0) is 6.42 Å². The lowest BCUT2D eigenvalue weighted by Gasteiger charge is -2.18. The highest BCUT2D eigenvalue weighted by atomic mass is 19.1. The van der Waals surface area contributed by atoms with Crippen LogP contribution in [0.2, 0.25) is 0 Å². The first kappa shape index (κ1) is 13.1. The Morgan fingerprint density at radius 3 is 2.56 bits per heavy atom. The molecule has 0 unspecified atom stereocenters. The van der Waals surface area contributed by atoms with E-state index in [9.17, 15) is 8.78 Å². The van der Waals surface area contributed by atoms with Crippen molar-refractivity contribution in [2.75, 3.05) is 13.1 Å². The molecule has 0 aliphatic carbocycles. The van der Waals surface area contributed by atoms with Crippen LogP contribution in [0.4, 0.5) is 8.78 Å². The Balaban J connectivity index is 2.38. The number of halogens is 2. The van der Waals surface area contributed by atoms with Gasteiger partial charge in [-0.25, -0.2) is 8.78 Å². The van der Waals surface area contributed by atoms with Gasteiger partial charge >= 0.3 is 0 Å². The molecule has 4 heteroatoms. The standard InChI is InChI=1S/C12H18F2N2/c1-12(2,15)8-16-6-5-9-3-4-10(13)7-11(9)14/h3-4,7,16H,5-6,8,15H2,1-2H3. The topological polar surface area (TPSA) is 38.0 Å². The fourth-order valence-corrected chi connectivity index (χ4v) is 1.36. The second-order valence-electron chi connectivity index (χ2n) is 4.65. The van der Waals surface area contributed by atoms with Crippen molar-refractivity contribution in [3.63, 3.8) is 0 Å². The van der Waals surface area contributed by atoms with Crippen LogP contribution in [0.3, 0.4) is 0 Å². The SMILES string of the molecule is CC(C)(N)CNCCc1ccc(F)cc1F. The van der Waals surface area contributed by atoms with Gasteiger partial charge in [0, 0.05) is 18.2 Å². The van der Waals surface area contributed by atoms with Crippen LogP contribution >= 0.6 is 0 Å². The Morgan fingerprint density at radius 1 is 1.31 bits per heavy atom. The maximum Gasteiger partial charge on any atom is 0.129 e. The number of benzene rings is 1. The average molecular weight is 228 g/mol. The van der Waals surface area contributed by atoms with Gasteiger partial charge in [0.1, 0.15) is 11.6 Å². The molecule has 0 saturated heterocycles. The van der Waals surface area contributed by atoms with Crippen molar-refractivity contribution in [2.24, 2.45) is 5.73 Å². The predicted octanol–water partition coefficient (Wildman–Crippen LogP) is 1.83. The molecular formula is C12H18F2N2. The van der Waals surface area contributed by atoms with Gasteiger partial charge in [-0.3, -0.25) is 0 Å². The first-order valence-electron chi connectivity index (χ1n) is 5.32. The summed E-state index contributed by atoms with van der Waals surface area (Å²) in [6.07, 6.45) is 0.530. The molecule has 0 saturated carbocycles. The van der Waals surface area contributed by atoms with E-state index in [0.29, 0.717) is 25.1 Å². The maximum absolute atomic E-state index is 13.2. The Bertz CT molecular complexity index is 345. The summed E-state index contributed by atoms with van der Waals surface area (Å²) < 4.78 is 25.8. The van der Waals surface area contributed by atoms with Crippen molar-refractivity contribution < 1.29 is 8.78 Å². The molecule has 2 nitrogen and oxygen atoms in total. The van der Waals surface area contributed by atoms with Gasteiger partial charge in [0.25, 0.3) is 0 Å². The first-order valence-corrected chi connectivity index (χ1v) is 5.32. The van der Waals surface area contributed by atoms with E-state index in [1.165, 1.54) is 12.1 Å². The highest BCUT2D eigenvalue weighted by molar-refractivity contribution is 5.18. The van der Waals surface area contributed by atoms with Gasteiger partial charge in [0.2, 0.25) is 0 Å². The molecule has 0 aliphatic rings. The number of hydrogen-bond donors (Lipinski definition) is 2. The van der Waals surface area contributed by atoms with E-state index in [4.69, 9.17) is 5.73 Å². The summed E-state index contributed by atoms with van der Waals surface area (Å²) in [4.78, 5) is 0. The Kier molecular flexibility index (Phi) is 4.38. The van der Waals surface area contributed by atoms with Crippen molar-refractivity contribution in [3.05, 3.63) is 35.4 Å². The minimum absolute atomic E-state index is 0.276. The third-order valence-corrected chi connectivity index (χ3v) is 2.17. The summed E-state index contributed by atoms with van der Waals surface area (Å²) in [5.41, 5.74) is 6.02. The second kappa shape index (κ2) is 5.37. The summed E-state index contributed by atoms with van der Waals surface area (Å²) in [7, 11) is 0. The highest BCUT2D eigenvalue weighted by Gasteiger charge is 2.09. The quantitative estimate of drug-likeness (QED) is 0.755. The molecule has 0 spiro atoms. The fourth-order valence-electron chi connectivity index (χ4n) is 1.36. The third kappa shape index (κ3) is 4.68. The van der Waals surface area contributed by atoms with Crippen LogP contribution in [-0.4, -0.2) is 18.6 Å². The lowest BCUT2D eigenvalue weighted by atomic mass is 10.1. The van der Waals surface area contributed by atoms with E-state index in [1.54, 1.807) is 0 Å². The minimum atomic E-state index is -0.544. The molecule has 0 aromatic heterocycles. The van der Waals surface area contributed by atoms with Gasteiger partial charge in [-0.2, -0.15) is 0 Å². The predicted molar refractivity (Wildman–Crippen MR) is 61.2 cm³/mol. The molecule has 0 aliphatic heterocycles. The Hall–Kier alpha value is -1.00. The molecule has 0 heterocycles. The van der Waals surface area contributed by atoms with E-state index in [2.05, 4.69) is 5.32 Å². The molecule has 0 atom stereocenters. The summed E-state index contributed by atoms with van der Waals surface area (Å²) in [5.74, 6) is -1.04. The normalized spacial score (nSPS) is 11.8. The van der Waals surface area contributed by atoms with Gasteiger partial charge in [-0.15, -0.1) is 0 Å². The van der Waals surface area contributed by atoms with E-state index < -0.39 is 11.6 Å². The minimum Gasteiger partial charge on any atom is -0.324 e. The highest BCUT2D eigenvalue weighted by Crippen LogP contribution is 2.09. The summed E-state index contributed by atoms with van der Waals surface area (Å²) in [6, 6.07) is 3.65. The van der Waals surface area contributed by atoms with Crippen molar-refractivity contribution in [1.29, 1.82) is 0 Å². The van der Waals surface area contributed by atoms with Crippen molar-refractivity contribution in [1.82, 2.24) is 5.32 Å². The number of rotatable bonds is 5. The molecule has 1 aromatic carbocycles. The van der Waals surface area contributed by atoms with Crippen LogP contribution in [0.1, 0.15) is 19.4 Å². The zero-order chi connectivity index (χ0) is 12.2. The smallest absolute Gasteiger partial charge is 0.129 e. The summed E-state index contributed by atoms with van der Waals surface area (Å²) in [5, 5.41) is 3.13. The molecule has 0 radical (unpaired) electrons. The van der Waals surface area contributed by atoms with Gasteiger partial charge in [-0.05, 0) is 38.4 Å². The van der Waals surface area contributed by atoms with E-state index in [-0.39, 0.29) is 5.54 Å². The summed E-state index contributed by atoms with van der Waals surface area (Å²) >= 11 is 0. The Labute approximate surface area is 94.8 Å². The number of nitrogens with one attached hydrogen (secondary N) is 1. The van der Waals surface area contributed by atoms with Crippen molar-refractivity contribution >= 4 is 0 Å². The molecule has 1 aromatic rings. The van der Waals surface area contributed by atoms with Gasteiger partial charge in [0.05, 0.1) is 0 Å². The third-order valence-electron chi connectivity index (χ3n) is 2.17. The molecule has 0 bridgehead atoms. The molecule has 3 N–H and O–H groups in total. The van der Waals surface area contributed by atoms with Gasteiger partial charge in [-0.1, -0.05) is 6.07 Å². The lowest BCUT2D eigenvalue weighted by Crippen LogP contribution is -2.43. The summed E-state index contributed by atoms with van der Waals surface area (Å²) in [6.45, 7) is 5.12. The molecular weight excluding hydrogens is 210 g/mol. The largest absolute Gasteiger partial charge is 0.324 e. The zero-order valence-corrected chi connectivity index (χ0v) is 9.69. The van der Waals surface area contributed by atoms with E-state index >= 15 is 0 Å². The van der Waals surface area contributed by atoms with E-state index in [0.717, 1.165) is 6.07 Å². The van der Waals surface area contributed by atoms with Crippen LogP contribution in [0, 0.1) is 11.6 Å². The van der Waals surface area contributed by atoms with Gasteiger partial charge < -0.3 is 11.1 Å². The van der Waals surface area contributed by atoms with Crippen LogP contribution in [0.25, 0.3) is 0 Å². The Morgan fingerprint density at radius 2 is 2.00 bits per heavy atom. The number of nitrogens with two attached hydrogens (primary N) is 1. The van der Waals surface area contributed by atoms with Crippen molar-refractivity contribution in [2.45, 2.75) is 25.8 Å². The van der Waals surface area contributed by atoms with Crippen molar-refractivity contribution in [3.8, 4) is 0 Å². The van der Waals surface area contributed by atoms with Crippen LogP contribution in [0.15, 0.2) is 18.2 Å². The van der Waals surface area contributed by atoms with Crippen LogP contribution in [0.5, 0.6) is 0 Å². The van der Waals surface area contributed by atoms with E-state index in [1.807, 2.05) is 13.8 Å². The zero-order valence-electron chi connectivity index (χ0n) is 9.69. The molecule has 90 valence electrons. The fraction of sp³-hybridized carbons (Fsp3) is 0.500. The number of hydrogen-bond acceptors (Lipinski definition) is 2. The van der Waals surface area contributed by atoms with Crippen LogP contribution < -0.4 is 11.1 Å². The monoisotopic (exact) mass is 228 g/mol. The molecule has 16 heavy (non-hydrogen) atoms. The van der Waals surface area contributed by atoms with Gasteiger partial charge in [0.15, 0.2) is 0 Å². The molecule has 1 rings (SSSR count). The molecule has 0 fully saturated rings. The second-order valence-corrected chi connectivity index (χ2v) is 4.65.